The zero-order valence-electron chi connectivity index (χ0n) is 13.1. The normalized spacial score (nSPS) is 12.1. The standard InChI is InChI=1S/C15H22F2N2O3/c1-4-18-14(20)10-19(5-2)9-11-6-7-12(22-15(16)17)13(8-11)21-3/h6-8,15H,4-5,9-10H2,1-3H3,(H,18,20)/p+1. The number of carbonyl (C=O) groups excluding carboxylic acids is 1. The predicted molar refractivity (Wildman–Crippen MR) is 78.4 cm³/mol. The van der Waals surface area contributed by atoms with Gasteiger partial charge in [-0.15, -0.1) is 0 Å². The van der Waals surface area contributed by atoms with Gasteiger partial charge in [-0.3, -0.25) is 4.79 Å². The maximum absolute atomic E-state index is 12.3. The van der Waals surface area contributed by atoms with Gasteiger partial charge in [-0.25, -0.2) is 0 Å². The van der Waals surface area contributed by atoms with Crippen molar-refractivity contribution in [3.8, 4) is 11.5 Å². The maximum atomic E-state index is 12.3. The van der Waals surface area contributed by atoms with E-state index in [1.54, 1.807) is 12.1 Å². The first-order valence-corrected chi connectivity index (χ1v) is 7.22. The summed E-state index contributed by atoms with van der Waals surface area (Å²) in [6.45, 7) is 3.30. The van der Waals surface area contributed by atoms with Crippen LogP contribution in [0.5, 0.6) is 11.5 Å². The van der Waals surface area contributed by atoms with Crippen LogP contribution in [0.1, 0.15) is 19.4 Å². The van der Waals surface area contributed by atoms with Gasteiger partial charge in [0.25, 0.3) is 5.91 Å². The smallest absolute Gasteiger partial charge is 0.387 e. The summed E-state index contributed by atoms with van der Waals surface area (Å²) < 4.78 is 34.0. The second-order valence-electron chi connectivity index (χ2n) is 4.77. The van der Waals surface area contributed by atoms with Gasteiger partial charge in [0, 0.05) is 12.1 Å². The number of hydrogen-bond acceptors (Lipinski definition) is 3. The van der Waals surface area contributed by atoms with E-state index < -0.39 is 6.61 Å². The monoisotopic (exact) mass is 317 g/mol. The van der Waals surface area contributed by atoms with Crippen molar-refractivity contribution in [3.05, 3.63) is 23.8 Å². The Morgan fingerprint density at radius 1 is 1.32 bits per heavy atom. The van der Waals surface area contributed by atoms with E-state index >= 15 is 0 Å². The van der Waals surface area contributed by atoms with Crippen molar-refractivity contribution in [3.63, 3.8) is 0 Å². The van der Waals surface area contributed by atoms with E-state index in [-0.39, 0.29) is 17.4 Å². The Kier molecular flexibility index (Phi) is 7.59. The van der Waals surface area contributed by atoms with Crippen molar-refractivity contribution in [2.24, 2.45) is 0 Å². The van der Waals surface area contributed by atoms with E-state index in [0.29, 0.717) is 19.6 Å². The molecule has 1 aromatic carbocycles. The lowest BCUT2D eigenvalue weighted by molar-refractivity contribution is -0.904. The Morgan fingerprint density at radius 3 is 2.59 bits per heavy atom. The number of halogens is 2. The van der Waals surface area contributed by atoms with Crippen LogP contribution in [0.15, 0.2) is 18.2 Å². The lowest BCUT2D eigenvalue weighted by Crippen LogP contribution is -3.11. The second-order valence-corrected chi connectivity index (χ2v) is 4.77. The lowest BCUT2D eigenvalue weighted by Gasteiger charge is -2.18. The molecule has 1 aromatic rings. The number of nitrogens with one attached hydrogen (secondary N) is 2. The summed E-state index contributed by atoms with van der Waals surface area (Å²) in [6.07, 6.45) is 0. The Labute approximate surface area is 129 Å². The number of ether oxygens (including phenoxy) is 2. The van der Waals surface area contributed by atoms with Gasteiger partial charge in [0.15, 0.2) is 18.0 Å². The number of quaternary nitrogens is 1. The van der Waals surface area contributed by atoms with Crippen LogP contribution in [0, 0.1) is 0 Å². The molecule has 0 aliphatic carbocycles. The highest BCUT2D eigenvalue weighted by Gasteiger charge is 2.15. The number of rotatable bonds is 9. The molecule has 0 aliphatic heterocycles. The van der Waals surface area contributed by atoms with Gasteiger partial charge < -0.3 is 19.7 Å². The van der Waals surface area contributed by atoms with Crippen LogP contribution >= 0.6 is 0 Å². The molecule has 124 valence electrons. The Morgan fingerprint density at radius 2 is 2.05 bits per heavy atom. The fourth-order valence-corrected chi connectivity index (χ4v) is 2.10. The van der Waals surface area contributed by atoms with Crippen LogP contribution in [-0.4, -0.2) is 39.3 Å². The van der Waals surface area contributed by atoms with Gasteiger partial charge in [-0.2, -0.15) is 8.78 Å². The molecule has 7 heteroatoms. The predicted octanol–water partition coefficient (Wildman–Crippen LogP) is 0.838. The molecule has 0 fully saturated rings. The van der Waals surface area contributed by atoms with Gasteiger partial charge in [-0.05, 0) is 32.0 Å². The molecule has 22 heavy (non-hydrogen) atoms. The van der Waals surface area contributed by atoms with Crippen LogP contribution in [0.25, 0.3) is 0 Å². The lowest BCUT2D eigenvalue weighted by atomic mass is 10.2. The second kappa shape index (κ2) is 9.19. The Balaban J connectivity index is 2.77. The van der Waals surface area contributed by atoms with Crippen molar-refractivity contribution in [2.45, 2.75) is 27.0 Å². The number of likely N-dealkylation sites (N-methyl/N-ethyl adjacent to an activating group) is 2. The molecule has 0 radical (unpaired) electrons. The van der Waals surface area contributed by atoms with Crippen LogP contribution < -0.4 is 19.7 Å². The highest BCUT2D eigenvalue weighted by molar-refractivity contribution is 5.76. The molecule has 0 saturated heterocycles. The minimum Gasteiger partial charge on any atom is -0.493 e. The molecule has 1 atom stereocenters. The third kappa shape index (κ3) is 5.85. The Bertz CT molecular complexity index is 484. The largest absolute Gasteiger partial charge is 0.493 e. The molecular weight excluding hydrogens is 294 g/mol. The molecule has 0 aromatic heterocycles. The number of hydrogen-bond donors (Lipinski definition) is 2. The molecule has 0 saturated carbocycles. The van der Waals surface area contributed by atoms with E-state index in [1.807, 2.05) is 13.8 Å². The molecule has 1 rings (SSSR count). The van der Waals surface area contributed by atoms with Crippen LogP contribution in [0.3, 0.4) is 0 Å². The minimum atomic E-state index is -2.89. The van der Waals surface area contributed by atoms with Crippen LogP contribution in [0.4, 0.5) is 8.78 Å². The molecule has 0 heterocycles. The molecule has 1 unspecified atom stereocenters. The first-order valence-electron chi connectivity index (χ1n) is 7.22. The van der Waals surface area contributed by atoms with Gasteiger partial charge in [-0.1, -0.05) is 0 Å². The summed E-state index contributed by atoms with van der Waals surface area (Å²) in [5.74, 6) is 0.248. The molecule has 0 aliphatic rings. The number of carbonyl (C=O) groups is 1. The molecular formula is C15H23F2N2O3+. The molecule has 1 amide bonds. The number of amides is 1. The third-order valence-electron chi connectivity index (χ3n) is 3.18. The number of benzene rings is 1. The average molecular weight is 317 g/mol. The van der Waals surface area contributed by atoms with E-state index in [4.69, 9.17) is 4.74 Å². The van der Waals surface area contributed by atoms with E-state index in [9.17, 15) is 13.6 Å². The summed E-state index contributed by atoms with van der Waals surface area (Å²) in [7, 11) is 1.40. The highest BCUT2D eigenvalue weighted by Crippen LogP contribution is 2.29. The summed E-state index contributed by atoms with van der Waals surface area (Å²) >= 11 is 0. The van der Waals surface area contributed by atoms with Crippen molar-refractivity contribution in [2.75, 3.05) is 26.7 Å². The van der Waals surface area contributed by atoms with E-state index in [1.165, 1.54) is 13.2 Å². The first kappa shape index (κ1) is 18.2. The zero-order chi connectivity index (χ0) is 16.5. The highest BCUT2D eigenvalue weighted by atomic mass is 19.3. The van der Waals surface area contributed by atoms with E-state index in [2.05, 4.69) is 10.1 Å². The average Bonchev–Trinajstić information content (AvgIpc) is 2.47. The van der Waals surface area contributed by atoms with Crippen molar-refractivity contribution in [1.29, 1.82) is 0 Å². The summed E-state index contributed by atoms with van der Waals surface area (Å²) in [5.41, 5.74) is 0.889. The van der Waals surface area contributed by atoms with Gasteiger partial charge >= 0.3 is 6.61 Å². The summed E-state index contributed by atoms with van der Waals surface area (Å²) in [4.78, 5) is 12.7. The molecule has 0 bridgehead atoms. The summed E-state index contributed by atoms with van der Waals surface area (Å²) in [6, 6.07) is 4.82. The SMILES string of the molecule is CCNC(=O)C[NH+](CC)Cc1ccc(OC(F)F)c(OC)c1. The third-order valence-corrected chi connectivity index (χ3v) is 3.18. The van der Waals surface area contributed by atoms with E-state index in [0.717, 1.165) is 17.0 Å². The van der Waals surface area contributed by atoms with Gasteiger partial charge in [0.1, 0.15) is 6.54 Å². The van der Waals surface area contributed by atoms with Gasteiger partial charge in [0.2, 0.25) is 0 Å². The topological polar surface area (TPSA) is 52.0 Å². The minimum absolute atomic E-state index is 0.00280. The van der Waals surface area contributed by atoms with Gasteiger partial charge in [0.05, 0.1) is 13.7 Å². The first-order chi connectivity index (χ1) is 10.5. The van der Waals surface area contributed by atoms with Crippen LogP contribution in [-0.2, 0) is 11.3 Å². The van der Waals surface area contributed by atoms with Crippen molar-refractivity contribution in [1.82, 2.24) is 5.32 Å². The fraction of sp³-hybridized carbons (Fsp3) is 0.533. The quantitative estimate of drug-likeness (QED) is 0.710. The van der Waals surface area contributed by atoms with Crippen molar-refractivity contribution >= 4 is 5.91 Å². The number of methoxy groups -OCH3 is 1. The maximum Gasteiger partial charge on any atom is 0.387 e. The van der Waals surface area contributed by atoms with Crippen molar-refractivity contribution < 1.29 is 27.9 Å². The Hall–Kier alpha value is -1.89. The fourth-order valence-electron chi connectivity index (χ4n) is 2.10. The zero-order valence-corrected chi connectivity index (χ0v) is 13.1. The summed E-state index contributed by atoms with van der Waals surface area (Å²) in [5, 5.41) is 2.76. The van der Waals surface area contributed by atoms with Crippen LogP contribution in [0.2, 0.25) is 0 Å². The number of alkyl halides is 2. The molecule has 0 spiro atoms. The molecule has 5 nitrogen and oxygen atoms in total. The molecule has 2 N–H and O–H groups in total.